The van der Waals surface area contributed by atoms with E-state index in [2.05, 4.69) is 28.2 Å². The molecule has 1 aromatic rings. The summed E-state index contributed by atoms with van der Waals surface area (Å²) in [4.78, 5) is 208. The first-order valence-corrected chi connectivity index (χ1v) is 42.9. The lowest BCUT2D eigenvalue weighted by atomic mass is 9.38. The highest BCUT2D eigenvalue weighted by Crippen LogP contribution is 2.81. The van der Waals surface area contributed by atoms with Gasteiger partial charge in [0.25, 0.3) is 0 Å². The Kier molecular flexibility index (Phi) is 33.0. The van der Waals surface area contributed by atoms with Crippen molar-refractivity contribution in [2.24, 2.45) is 69.0 Å². The molecule has 30 heteroatoms. The highest BCUT2D eigenvalue weighted by atomic mass is 16.6. The summed E-state index contributed by atoms with van der Waals surface area (Å²) in [6, 6.07) is -10.4. The fourth-order valence-corrected chi connectivity index (χ4v) is 19.9. The maximum absolute atomic E-state index is 15.1. The number of esters is 1. The monoisotopic (exact) mass is 1680 g/mol. The molecule has 120 heavy (non-hydrogen) atoms. The van der Waals surface area contributed by atoms with E-state index in [0.29, 0.717) is 24.8 Å². The normalized spacial score (nSPS) is 32.8. The van der Waals surface area contributed by atoms with Gasteiger partial charge in [-0.15, -0.1) is 0 Å². The van der Waals surface area contributed by atoms with Crippen LogP contribution in [0.1, 0.15) is 222 Å². The van der Waals surface area contributed by atoms with E-state index in [0.717, 1.165) is 15.4 Å². The lowest BCUT2D eigenvalue weighted by Crippen LogP contribution is -2.70. The molecule has 2 aliphatic heterocycles. The molecule has 20 atom stereocenters. The van der Waals surface area contributed by atoms with Crippen molar-refractivity contribution in [3.63, 3.8) is 0 Å². The third-order valence-corrected chi connectivity index (χ3v) is 26.5. The van der Waals surface area contributed by atoms with Gasteiger partial charge in [0.15, 0.2) is 11.5 Å². The first-order valence-electron chi connectivity index (χ1n) is 42.9. The second-order valence-electron chi connectivity index (χ2n) is 38.4. The van der Waals surface area contributed by atoms with Crippen LogP contribution in [-0.4, -0.2) is 267 Å². The van der Waals surface area contributed by atoms with E-state index in [4.69, 9.17) is 13.9 Å². The van der Waals surface area contributed by atoms with Gasteiger partial charge in [0.1, 0.15) is 72.1 Å². The molecule has 6 aliphatic rings. The number of amides is 11. The van der Waals surface area contributed by atoms with Crippen LogP contribution in [0.2, 0.25) is 0 Å². The zero-order valence-corrected chi connectivity index (χ0v) is 77.1. The van der Waals surface area contributed by atoms with E-state index in [1.807, 2.05) is 81.4 Å². The zero-order valence-electron chi connectivity index (χ0n) is 77.1. The Morgan fingerprint density at radius 3 is 1.61 bits per heavy atom. The Balaban J connectivity index is 0.000000518. The Morgan fingerprint density at radius 2 is 1.11 bits per heavy atom. The number of epoxide rings is 1. The van der Waals surface area contributed by atoms with Crippen molar-refractivity contribution >= 4 is 82.5 Å². The van der Waals surface area contributed by atoms with Crippen LogP contribution in [0.5, 0.6) is 0 Å². The molecule has 1 spiro atoms. The molecule has 6 N–H and O–H groups in total. The van der Waals surface area contributed by atoms with E-state index in [-0.39, 0.29) is 79.3 Å². The first-order chi connectivity index (χ1) is 55.5. The number of nitrogens with zero attached hydrogens (tertiary/aromatic N) is 7. The van der Waals surface area contributed by atoms with Gasteiger partial charge in [-0.2, -0.15) is 0 Å². The molecule has 0 aromatic carbocycles. The lowest BCUT2D eigenvalue weighted by molar-refractivity contribution is -0.200. The van der Waals surface area contributed by atoms with Gasteiger partial charge in [0, 0.05) is 73.0 Å². The Morgan fingerprint density at radius 1 is 0.608 bits per heavy atom. The fourth-order valence-electron chi connectivity index (χ4n) is 19.9. The number of carbonyl (C=O) groups excluding carboxylic acids is 14. The summed E-state index contributed by atoms with van der Waals surface area (Å²) in [6.07, 6.45) is 10.2. The average Bonchev–Trinajstić information content (AvgIpc) is 1.45. The summed E-state index contributed by atoms with van der Waals surface area (Å²) < 4.78 is 17.9. The molecule has 1 aromatic heterocycles. The van der Waals surface area contributed by atoms with Crippen LogP contribution in [0.15, 0.2) is 58.6 Å². The third kappa shape index (κ3) is 20.1. The number of rotatable bonds is 17. The molecule has 2 saturated heterocycles. The maximum atomic E-state index is 15.1. The van der Waals surface area contributed by atoms with Gasteiger partial charge in [0.05, 0.1) is 42.1 Å². The third-order valence-electron chi connectivity index (χ3n) is 26.5. The number of allylic oxidation sites excluding steroid dienone is 6. The van der Waals surface area contributed by atoms with E-state index in [1.54, 1.807) is 93.1 Å². The fraction of sp³-hybridized carbons (Fsp3) is 0.733. The van der Waals surface area contributed by atoms with Crippen molar-refractivity contribution in [1.82, 2.24) is 55.6 Å². The summed E-state index contributed by atoms with van der Waals surface area (Å²) in [5.41, 5.74) is -3.06. The number of carbonyl (C=O) groups is 14. The van der Waals surface area contributed by atoms with Gasteiger partial charge in [-0.25, -0.2) is 0 Å². The van der Waals surface area contributed by atoms with E-state index in [9.17, 15) is 67.7 Å². The number of nitrogens with one attached hydrogen (secondary N) is 4. The van der Waals surface area contributed by atoms with E-state index < -0.39 is 207 Å². The molecule has 3 heterocycles. The number of fused-ring (bicyclic) bond motifs is 3. The van der Waals surface area contributed by atoms with Gasteiger partial charge in [-0.05, 0) is 164 Å². The van der Waals surface area contributed by atoms with Crippen molar-refractivity contribution in [3.05, 3.63) is 59.8 Å². The number of furan rings is 1. The zero-order chi connectivity index (χ0) is 91.3. The van der Waals surface area contributed by atoms with Crippen LogP contribution in [0.4, 0.5) is 0 Å². The molecular weight excluding hydrogens is 1540 g/mol. The highest BCUT2D eigenvalue weighted by molar-refractivity contribution is 6.07. The van der Waals surface area contributed by atoms with Crippen LogP contribution in [0.25, 0.3) is 0 Å². The Bertz CT molecular complexity index is 4050. The molecule has 20 unspecified atom stereocenters. The topological polar surface area (TPSA) is 385 Å². The first kappa shape index (κ1) is 100. The number of ether oxygens (including phenoxy) is 2. The van der Waals surface area contributed by atoms with Crippen molar-refractivity contribution in [2.45, 2.75) is 301 Å². The second kappa shape index (κ2) is 39.6. The summed E-state index contributed by atoms with van der Waals surface area (Å²) in [5.74, 6) is -11.5. The molecule has 4 fully saturated rings. The lowest BCUT2D eigenvalue weighted by Gasteiger charge is -2.64. The number of hydrogen-bond acceptors (Lipinski definition) is 19. The van der Waals surface area contributed by atoms with Crippen molar-refractivity contribution in [2.75, 3.05) is 55.9 Å². The van der Waals surface area contributed by atoms with Crippen LogP contribution < -0.4 is 21.3 Å². The minimum atomic E-state index is -1.61. The van der Waals surface area contributed by atoms with Crippen LogP contribution in [0.3, 0.4) is 0 Å². The van der Waals surface area contributed by atoms with E-state index in [1.165, 1.54) is 94.6 Å². The molecule has 672 valence electrons. The highest BCUT2D eigenvalue weighted by Gasteiger charge is 2.89. The molecule has 2 saturated carbocycles. The number of ketones is 2. The smallest absolute Gasteiger partial charge is 0.302 e. The van der Waals surface area contributed by atoms with Gasteiger partial charge >= 0.3 is 5.97 Å². The molecule has 7 rings (SSSR count). The van der Waals surface area contributed by atoms with Crippen LogP contribution in [-0.2, 0) is 76.6 Å². The Labute approximate surface area is 711 Å². The maximum Gasteiger partial charge on any atom is 0.302 e. The SMILES string of the molecule is CC(=O)OC1CC2(C)C(c3ccoc3)CC3OC32C2(C)C(=O)C(O)=C3C(C)(C)C(=O)C=CC3(C)C12.CC=CCC(C)C(O)C1C(=O)NC(CC)C(=O)N(C)CC(=O)N(C)C(CC(C)C)C(=O)NC(C(C)C)C(=O)N(C)C(CC(C)C)C(=O)NC(C)C(=O)NC(C)C(=O)N(C)C(CC(C)C)C(=O)N(C)C(CC(C)C)C(=O)N(C)C(C(C)C)C(=O)N1C. The molecule has 11 amide bonds. The van der Waals surface area contributed by atoms with Gasteiger partial charge in [0.2, 0.25) is 70.8 Å². The summed E-state index contributed by atoms with van der Waals surface area (Å²) in [5, 5.41) is 34.6. The minimum Gasteiger partial charge on any atom is -0.504 e. The predicted octanol–water partition coefficient (Wildman–Crippen LogP) is 7.70. The molecule has 0 bridgehead atoms. The van der Waals surface area contributed by atoms with Crippen LogP contribution >= 0.6 is 0 Å². The summed E-state index contributed by atoms with van der Waals surface area (Å²) >= 11 is 0. The average molecular weight is 1680 g/mol. The number of likely N-dealkylation sites (N-methyl/N-ethyl adjacent to an activating group) is 7. The number of hydrogen-bond donors (Lipinski definition) is 6. The number of aliphatic hydroxyl groups excluding tert-OH is 2. The van der Waals surface area contributed by atoms with Crippen LogP contribution in [0, 0.1) is 69.0 Å². The molecule has 0 radical (unpaired) electrons. The van der Waals surface area contributed by atoms with Gasteiger partial charge in [-0.1, -0.05) is 129 Å². The molecule has 30 nitrogen and oxygen atoms in total. The van der Waals surface area contributed by atoms with E-state index >= 15 is 9.59 Å². The summed E-state index contributed by atoms with van der Waals surface area (Å²) in [6.45, 7) is 40.1. The largest absolute Gasteiger partial charge is 0.504 e. The Hall–Kier alpha value is -8.80. The molecular formula is C90H143N11O19. The number of aliphatic hydroxyl groups is 2. The van der Waals surface area contributed by atoms with Crippen molar-refractivity contribution < 1.29 is 91.2 Å². The second-order valence-corrected chi connectivity index (χ2v) is 38.4. The quantitative estimate of drug-likeness (QED) is 0.0494. The standard InChI is InChI=1S/C62H111N11O12.C28H32O7/c1-25-27-28-40(15)52(75)51-56(79)65-43(26-2)58(81)67(18)33-48(74)68(19)44(29-34(3)4)55(78)66-49(38(11)12)61(84)69(20)45(30-35(5)6)54(77)63-41(16)53(76)64-42(17)57(80)70(21)46(31-36(7)8)59(82)71(22)47(32-37(9)10)60(83)72(23)50(39(13)14)62(85)73(51)24;1-14(29)34-17-12-26(5)16(15-8-10-33-13-15)11-19-28(26,35-19)27(6)21(17)25(4)9-7-18(30)24(2,3)22(25)20(31)23(27)32/h25,27,34-47,49-52,75H,26,28-33H2,1-24H3,(H,63,77)(H,64,76)(H,65,79)(H,66,78);7-10,13,16-17,19,21,31H,11-12H2,1-6H3. The van der Waals surface area contributed by atoms with Gasteiger partial charge < -0.3 is 79.7 Å². The van der Waals surface area contributed by atoms with Gasteiger partial charge in [-0.3, -0.25) is 67.1 Å². The summed E-state index contributed by atoms with van der Waals surface area (Å²) in [7, 11) is 9.92. The number of Topliss-reactive ketones (excluding diaryl/α,β-unsaturated/α-hetero) is 1. The van der Waals surface area contributed by atoms with Crippen molar-refractivity contribution in [3.8, 4) is 0 Å². The predicted molar refractivity (Wildman–Crippen MR) is 453 cm³/mol. The van der Waals surface area contributed by atoms with Crippen molar-refractivity contribution in [1.29, 1.82) is 0 Å². The minimum absolute atomic E-state index is 0.0229. The molecule has 4 aliphatic carbocycles.